The minimum absolute atomic E-state index is 0.613. The Morgan fingerprint density at radius 1 is 1.17 bits per heavy atom. The molecule has 0 bridgehead atoms. The van der Waals surface area contributed by atoms with E-state index in [0.717, 1.165) is 34.8 Å². The highest BCUT2D eigenvalue weighted by molar-refractivity contribution is 6.09. The SMILES string of the molecule is C=C(Cc1cnc(-c2cc(C3=NCC=C3)n(Cc3ccccc3C)n2)nc1)N(C)C. The summed E-state index contributed by atoms with van der Waals surface area (Å²) in [6.07, 6.45) is 8.53. The van der Waals surface area contributed by atoms with Crippen molar-refractivity contribution in [1.82, 2.24) is 24.6 Å². The van der Waals surface area contributed by atoms with Crippen LogP contribution in [0.1, 0.15) is 22.4 Å². The first-order valence-corrected chi connectivity index (χ1v) is 10.0. The number of likely N-dealkylation sites (N-methyl/N-ethyl adjacent to an activating group) is 1. The first kappa shape index (κ1) is 19.8. The number of allylic oxidation sites excluding steroid dienone is 2. The van der Waals surface area contributed by atoms with Crippen molar-refractivity contribution in [1.29, 1.82) is 0 Å². The van der Waals surface area contributed by atoms with Crippen LogP contribution in [-0.2, 0) is 13.0 Å². The zero-order valence-electron chi connectivity index (χ0n) is 17.7. The molecule has 30 heavy (non-hydrogen) atoms. The van der Waals surface area contributed by atoms with Gasteiger partial charge < -0.3 is 4.90 Å². The van der Waals surface area contributed by atoms with Crippen molar-refractivity contribution >= 4 is 5.71 Å². The second-order valence-electron chi connectivity index (χ2n) is 7.68. The van der Waals surface area contributed by atoms with Gasteiger partial charge in [0.15, 0.2) is 5.82 Å². The molecule has 1 aromatic carbocycles. The summed E-state index contributed by atoms with van der Waals surface area (Å²) in [5.41, 5.74) is 7.19. The number of hydrogen-bond donors (Lipinski definition) is 0. The summed E-state index contributed by atoms with van der Waals surface area (Å²) in [6.45, 7) is 7.58. The van der Waals surface area contributed by atoms with Crippen molar-refractivity contribution in [3.8, 4) is 11.5 Å². The average molecular weight is 399 g/mol. The summed E-state index contributed by atoms with van der Waals surface area (Å²) in [4.78, 5) is 15.7. The molecule has 0 saturated carbocycles. The van der Waals surface area contributed by atoms with Crippen molar-refractivity contribution in [3.63, 3.8) is 0 Å². The van der Waals surface area contributed by atoms with Crippen LogP contribution in [0.15, 0.2) is 72.1 Å². The molecule has 1 aliphatic rings. The van der Waals surface area contributed by atoms with Gasteiger partial charge in [0, 0.05) is 38.6 Å². The second kappa shape index (κ2) is 8.45. The number of aryl methyl sites for hydroxylation is 1. The Hall–Kier alpha value is -3.54. The predicted octanol–water partition coefficient (Wildman–Crippen LogP) is 3.67. The van der Waals surface area contributed by atoms with Crippen molar-refractivity contribution in [2.75, 3.05) is 20.6 Å². The van der Waals surface area contributed by atoms with Gasteiger partial charge in [-0.2, -0.15) is 5.10 Å². The molecule has 6 heteroatoms. The van der Waals surface area contributed by atoms with Crippen LogP contribution in [-0.4, -0.2) is 51.0 Å². The summed E-state index contributed by atoms with van der Waals surface area (Å²) >= 11 is 0. The number of nitrogens with zero attached hydrogens (tertiary/aromatic N) is 6. The Labute approximate surface area is 177 Å². The van der Waals surface area contributed by atoms with Gasteiger partial charge in [0.05, 0.1) is 24.5 Å². The van der Waals surface area contributed by atoms with Crippen molar-refractivity contribution < 1.29 is 0 Å². The molecule has 1 aliphatic heterocycles. The lowest BCUT2D eigenvalue weighted by Crippen LogP contribution is -2.12. The maximum Gasteiger partial charge on any atom is 0.180 e. The largest absolute Gasteiger partial charge is 0.381 e. The van der Waals surface area contributed by atoms with E-state index in [2.05, 4.69) is 58.8 Å². The molecule has 0 unspecified atom stereocenters. The number of benzene rings is 1. The van der Waals surface area contributed by atoms with Crippen LogP contribution in [0.4, 0.5) is 0 Å². The van der Waals surface area contributed by atoms with Crippen molar-refractivity contribution in [3.05, 3.63) is 89.5 Å². The van der Waals surface area contributed by atoms with E-state index in [0.29, 0.717) is 18.9 Å². The molecule has 0 saturated heterocycles. The van der Waals surface area contributed by atoms with Gasteiger partial charge in [-0.3, -0.25) is 9.67 Å². The molecule has 0 N–H and O–H groups in total. The van der Waals surface area contributed by atoms with Gasteiger partial charge in [-0.25, -0.2) is 9.97 Å². The lowest BCUT2D eigenvalue weighted by molar-refractivity contribution is 0.500. The first-order valence-electron chi connectivity index (χ1n) is 10.0. The van der Waals surface area contributed by atoms with Crippen LogP contribution in [0.5, 0.6) is 0 Å². The predicted molar refractivity (Wildman–Crippen MR) is 121 cm³/mol. The van der Waals surface area contributed by atoms with Gasteiger partial charge in [0.1, 0.15) is 5.69 Å². The lowest BCUT2D eigenvalue weighted by Gasteiger charge is -2.15. The van der Waals surface area contributed by atoms with E-state index in [-0.39, 0.29) is 0 Å². The number of aliphatic imine (C=N–C) groups is 1. The molecule has 3 aromatic rings. The number of hydrogen-bond acceptors (Lipinski definition) is 5. The lowest BCUT2D eigenvalue weighted by atomic mass is 10.1. The number of rotatable bonds is 7. The van der Waals surface area contributed by atoms with Crippen LogP contribution in [0.2, 0.25) is 0 Å². The van der Waals surface area contributed by atoms with Gasteiger partial charge in [0.2, 0.25) is 0 Å². The standard InChI is InChI=1S/C24H26N6/c1-17-8-5-6-9-20(17)16-30-23(21-10-7-11-25-21)13-22(28-30)24-26-14-19(15-27-24)12-18(2)29(3)4/h5-10,13-15H,2,11-12,16H2,1,3-4H3. The van der Waals surface area contributed by atoms with Crippen LogP contribution >= 0.6 is 0 Å². The summed E-state index contributed by atoms with van der Waals surface area (Å²) in [5, 5.41) is 4.83. The van der Waals surface area contributed by atoms with Crippen molar-refractivity contribution in [2.45, 2.75) is 19.9 Å². The molecule has 0 atom stereocenters. The average Bonchev–Trinajstić information content (AvgIpc) is 3.40. The van der Waals surface area contributed by atoms with Crippen LogP contribution in [0, 0.1) is 6.92 Å². The highest BCUT2D eigenvalue weighted by atomic mass is 15.3. The topological polar surface area (TPSA) is 59.2 Å². The van der Waals surface area contributed by atoms with Crippen molar-refractivity contribution in [2.24, 2.45) is 4.99 Å². The third kappa shape index (κ3) is 4.22. The van der Waals surface area contributed by atoms with Gasteiger partial charge in [-0.15, -0.1) is 0 Å². The monoisotopic (exact) mass is 398 g/mol. The maximum atomic E-state index is 4.83. The van der Waals surface area contributed by atoms with E-state index in [1.807, 2.05) is 48.2 Å². The minimum atomic E-state index is 0.613. The molecule has 0 aliphatic carbocycles. The molecule has 2 aromatic heterocycles. The third-order valence-electron chi connectivity index (χ3n) is 5.24. The molecule has 0 amide bonds. The normalized spacial score (nSPS) is 12.8. The van der Waals surface area contributed by atoms with Gasteiger partial charge in [-0.05, 0) is 35.8 Å². The van der Waals surface area contributed by atoms with Crippen LogP contribution < -0.4 is 0 Å². The van der Waals surface area contributed by atoms with E-state index < -0.39 is 0 Å². The molecular weight excluding hydrogens is 372 g/mol. The summed E-state index contributed by atoms with van der Waals surface area (Å²) in [6, 6.07) is 10.4. The van der Waals surface area contributed by atoms with E-state index in [4.69, 9.17) is 5.10 Å². The summed E-state index contributed by atoms with van der Waals surface area (Å²) in [7, 11) is 3.97. The Morgan fingerprint density at radius 3 is 2.60 bits per heavy atom. The Bertz CT molecular complexity index is 1120. The highest BCUT2D eigenvalue weighted by Crippen LogP contribution is 2.20. The Balaban J connectivity index is 1.65. The molecular formula is C24H26N6. The highest BCUT2D eigenvalue weighted by Gasteiger charge is 2.17. The molecule has 0 fully saturated rings. The Morgan fingerprint density at radius 2 is 1.93 bits per heavy atom. The third-order valence-corrected chi connectivity index (χ3v) is 5.24. The fraction of sp³-hybridized carbons (Fsp3) is 0.250. The second-order valence-corrected chi connectivity index (χ2v) is 7.68. The number of aromatic nitrogens is 4. The fourth-order valence-electron chi connectivity index (χ4n) is 3.31. The van der Waals surface area contributed by atoms with E-state index in [1.165, 1.54) is 11.1 Å². The quantitative estimate of drug-likeness (QED) is 0.609. The molecule has 4 rings (SSSR count). The van der Waals surface area contributed by atoms with Gasteiger partial charge >= 0.3 is 0 Å². The van der Waals surface area contributed by atoms with Crippen LogP contribution in [0.3, 0.4) is 0 Å². The summed E-state index contributed by atoms with van der Waals surface area (Å²) < 4.78 is 2.00. The van der Waals surface area contributed by atoms with Gasteiger partial charge in [-0.1, -0.05) is 36.9 Å². The smallest absolute Gasteiger partial charge is 0.180 e. The first-order chi connectivity index (χ1) is 14.5. The molecule has 152 valence electrons. The molecule has 6 nitrogen and oxygen atoms in total. The zero-order chi connectivity index (χ0) is 21.1. The molecule has 0 spiro atoms. The zero-order valence-corrected chi connectivity index (χ0v) is 17.7. The maximum absolute atomic E-state index is 4.83. The van der Waals surface area contributed by atoms with E-state index in [9.17, 15) is 0 Å². The molecule has 0 radical (unpaired) electrons. The Kier molecular flexibility index (Phi) is 5.57. The summed E-state index contributed by atoms with van der Waals surface area (Å²) in [5.74, 6) is 0.613. The van der Waals surface area contributed by atoms with E-state index in [1.54, 1.807) is 0 Å². The van der Waals surface area contributed by atoms with Gasteiger partial charge in [0.25, 0.3) is 0 Å². The van der Waals surface area contributed by atoms with Crippen LogP contribution in [0.25, 0.3) is 11.5 Å². The fourth-order valence-corrected chi connectivity index (χ4v) is 3.31. The minimum Gasteiger partial charge on any atom is -0.381 e. The molecule has 3 heterocycles. The van der Waals surface area contributed by atoms with E-state index >= 15 is 0 Å².